The highest BCUT2D eigenvalue weighted by molar-refractivity contribution is 6.30. The summed E-state index contributed by atoms with van der Waals surface area (Å²) in [6.07, 6.45) is 14.7. The van der Waals surface area contributed by atoms with Crippen molar-refractivity contribution in [2.45, 2.75) is 25.3 Å². The number of imidazole rings is 1. The van der Waals surface area contributed by atoms with Gasteiger partial charge in [0.05, 0.1) is 35.5 Å². The third kappa shape index (κ3) is 5.78. The minimum atomic E-state index is -0.421. The zero-order chi connectivity index (χ0) is 25.6. The topological polar surface area (TPSA) is 143 Å². The predicted octanol–water partition coefficient (Wildman–Crippen LogP) is 3.65. The van der Waals surface area contributed by atoms with E-state index in [-0.39, 0.29) is 11.8 Å². The highest BCUT2D eigenvalue weighted by Gasteiger charge is 2.18. The molecule has 37 heavy (non-hydrogen) atoms. The smallest absolute Gasteiger partial charge is 0.244 e. The molecule has 0 aliphatic carbocycles. The van der Waals surface area contributed by atoms with E-state index in [4.69, 9.17) is 11.6 Å². The molecule has 2 amide bonds. The number of anilines is 1. The van der Waals surface area contributed by atoms with Crippen molar-refractivity contribution in [3.8, 4) is 16.9 Å². The van der Waals surface area contributed by atoms with E-state index in [1.807, 2.05) is 12.2 Å². The van der Waals surface area contributed by atoms with Gasteiger partial charge < -0.3 is 15.6 Å². The molecule has 0 radical (unpaired) electrons. The number of aromatic amines is 1. The molecule has 3 N–H and O–H groups in total. The zero-order valence-electron chi connectivity index (χ0n) is 19.5. The second-order valence-corrected chi connectivity index (χ2v) is 8.69. The highest BCUT2D eigenvalue weighted by atomic mass is 35.5. The van der Waals surface area contributed by atoms with Crippen molar-refractivity contribution in [3.05, 3.63) is 83.8 Å². The van der Waals surface area contributed by atoms with Crippen LogP contribution in [0.4, 0.5) is 5.69 Å². The van der Waals surface area contributed by atoms with Gasteiger partial charge in [-0.05, 0) is 53.6 Å². The van der Waals surface area contributed by atoms with Crippen LogP contribution in [0.1, 0.15) is 36.7 Å². The maximum atomic E-state index is 12.9. The van der Waals surface area contributed by atoms with E-state index in [0.29, 0.717) is 52.7 Å². The van der Waals surface area contributed by atoms with Crippen LogP contribution in [-0.4, -0.2) is 47.0 Å². The predicted molar refractivity (Wildman–Crippen MR) is 138 cm³/mol. The average molecular weight is 516 g/mol. The number of nitrogens with zero attached hydrogens (tertiary/aromatic N) is 6. The number of aromatic nitrogens is 7. The van der Waals surface area contributed by atoms with Crippen LogP contribution >= 0.6 is 11.6 Å². The molecule has 5 rings (SSSR count). The summed E-state index contributed by atoms with van der Waals surface area (Å²) in [4.78, 5) is 37.2. The first-order valence-corrected chi connectivity index (χ1v) is 11.9. The van der Waals surface area contributed by atoms with Crippen LogP contribution in [0.3, 0.4) is 0 Å². The molecule has 1 atom stereocenters. The number of hydrogen-bond acceptors (Lipinski definition) is 7. The largest absolute Gasteiger partial charge is 0.342 e. The third-order valence-electron chi connectivity index (χ3n) is 5.70. The Bertz CT molecular complexity index is 1480. The molecule has 12 heteroatoms. The number of fused-ring (bicyclic) bond motifs is 4. The number of carbonyl (C=O) groups excluding carboxylic acids is 2. The molecule has 4 heterocycles. The Kier molecular flexibility index (Phi) is 7.13. The number of halogens is 1. The number of rotatable bonds is 4. The first kappa shape index (κ1) is 24.1. The zero-order valence-corrected chi connectivity index (χ0v) is 20.3. The molecule has 0 unspecified atom stereocenters. The molecule has 2 bridgehead atoms. The highest BCUT2D eigenvalue weighted by Crippen LogP contribution is 2.28. The van der Waals surface area contributed by atoms with Crippen LogP contribution < -0.4 is 10.6 Å². The maximum Gasteiger partial charge on any atom is 0.244 e. The number of carbonyl (C=O) groups is 2. The summed E-state index contributed by atoms with van der Waals surface area (Å²) in [6.45, 7) is 0. The lowest BCUT2D eigenvalue weighted by atomic mass is 10.1. The number of hydrogen-bond donors (Lipinski definition) is 3. The molecule has 1 aliphatic heterocycles. The van der Waals surface area contributed by atoms with Gasteiger partial charge in [0.2, 0.25) is 11.8 Å². The molecular weight excluding hydrogens is 494 g/mol. The van der Waals surface area contributed by atoms with Gasteiger partial charge in [0, 0.05) is 34.8 Å². The van der Waals surface area contributed by atoms with E-state index in [2.05, 4.69) is 41.1 Å². The minimum Gasteiger partial charge on any atom is -0.342 e. The van der Waals surface area contributed by atoms with Crippen molar-refractivity contribution in [1.82, 2.24) is 40.5 Å². The summed E-state index contributed by atoms with van der Waals surface area (Å²) >= 11 is 6.17. The van der Waals surface area contributed by atoms with Gasteiger partial charge in [-0.1, -0.05) is 23.8 Å². The Hall–Kier alpha value is -4.64. The van der Waals surface area contributed by atoms with Gasteiger partial charge in [0.15, 0.2) is 0 Å². The molecule has 3 aromatic heterocycles. The van der Waals surface area contributed by atoms with Crippen LogP contribution in [-0.2, 0) is 9.59 Å². The summed E-state index contributed by atoms with van der Waals surface area (Å²) in [7, 11) is 0. The van der Waals surface area contributed by atoms with Gasteiger partial charge >= 0.3 is 0 Å². The molecule has 186 valence electrons. The van der Waals surface area contributed by atoms with Crippen LogP contribution in [0.15, 0.2) is 67.4 Å². The average Bonchev–Trinajstić information content (AvgIpc) is 3.60. The van der Waals surface area contributed by atoms with E-state index in [1.165, 1.54) is 17.1 Å². The molecule has 11 nitrogen and oxygen atoms in total. The Labute approximate surface area is 216 Å². The van der Waals surface area contributed by atoms with Crippen molar-refractivity contribution in [3.63, 3.8) is 0 Å². The van der Waals surface area contributed by atoms with Crippen molar-refractivity contribution in [2.24, 2.45) is 0 Å². The summed E-state index contributed by atoms with van der Waals surface area (Å²) in [6, 6.07) is 6.60. The lowest BCUT2D eigenvalue weighted by Gasteiger charge is -2.14. The van der Waals surface area contributed by atoms with Crippen molar-refractivity contribution >= 4 is 35.2 Å². The number of pyridine rings is 1. The fraction of sp³-hybridized carbons (Fsp3) is 0.160. The second-order valence-electron chi connectivity index (χ2n) is 8.25. The minimum absolute atomic E-state index is 0.102. The van der Waals surface area contributed by atoms with Crippen LogP contribution in [0.5, 0.6) is 0 Å². The summed E-state index contributed by atoms with van der Waals surface area (Å²) < 4.78 is 1.49. The number of allylic oxidation sites excluding steroid dienone is 1. The molecule has 1 aromatic carbocycles. The normalized spacial score (nSPS) is 16.7. The maximum absolute atomic E-state index is 12.9. The van der Waals surface area contributed by atoms with Gasteiger partial charge in [-0.15, -0.1) is 5.10 Å². The van der Waals surface area contributed by atoms with E-state index < -0.39 is 6.04 Å². The number of H-pyrrole nitrogens is 1. The van der Waals surface area contributed by atoms with Crippen molar-refractivity contribution in [1.29, 1.82) is 0 Å². The Morgan fingerprint density at radius 3 is 3.00 bits per heavy atom. The first-order chi connectivity index (χ1) is 18.1. The van der Waals surface area contributed by atoms with E-state index in [9.17, 15) is 9.59 Å². The number of nitrogens with one attached hydrogen (secondary N) is 3. The van der Waals surface area contributed by atoms with Crippen molar-refractivity contribution < 1.29 is 9.59 Å². The first-order valence-electron chi connectivity index (χ1n) is 11.5. The molecule has 0 spiro atoms. The molecule has 0 saturated heterocycles. The molecule has 1 aliphatic rings. The molecular formula is C25H22ClN9O2. The number of amides is 2. The fourth-order valence-electron chi connectivity index (χ4n) is 3.92. The summed E-state index contributed by atoms with van der Waals surface area (Å²) in [5, 5.41) is 17.7. The Balaban J connectivity index is 1.39. The number of benzene rings is 1. The van der Waals surface area contributed by atoms with E-state index >= 15 is 0 Å². The van der Waals surface area contributed by atoms with Gasteiger partial charge in [-0.25, -0.2) is 4.98 Å². The Morgan fingerprint density at radius 2 is 2.14 bits per heavy atom. The third-order valence-corrected chi connectivity index (χ3v) is 5.94. The number of tetrazole rings is 1. The second kappa shape index (κ2) is 11.0. The van der Waals surface area contributed by atoms with Crippen LogP contribution in [0.2, 0.25) is 5.02 Å². The lowest BCUT2D eigenvalue weighted by Crippen LogP contribution is -2.27. The van der Waals surface area contributed by atoms with Gasteiger partial charge in [0.1, 0.15) is 12.2 Å². The van der Waals surface area contributed by atoms with Crippen LogP contribution in [0.25, 0.3) is 23.0 Å². The SMILES string of the molecule is O=C(/C=C/c1cc(Cl)ccc1-n1cnnn1)N[C@H]1C/C=C/CCC(=O)Nc2cnccc2-c2cnc1[nH]2. The molecule has 0 fully saturated rings. The van der Waals surface area contributed by atoms with Gasteiger partial charge in [-0.2, -0.15) is 4.68 Å². The molecule has 0 saturated carbocycles. The monoisotopic (exact) mass is 515 g/mol. The van der Waals surface area contributed by atoms with E-state index in [0.717, 1.165) is 5.56 Å². The van der Waals surface area contributed by atoms with Gasteiger partial charge in [-0.3, -0.25) is 14.6 Å². The fourth-order valence-corrected chi connectivity index (χ4v) is 4.10. The standard InChI is InChI=1S/C25H22ClN9O2/c26-17-7-8-22(35-15-29-33-34-35)16(12-17)6-9-24(37)30-19-4-2-1-3-5-23(36)31-20-13-27-11-10-18(20)21-14-28-25(19)32-21/h1-2,6-15,19H,3-5H2,(H,28,32)(H,30,37)(H,31,36)/b2-1+,9-6+/t19-/m0/s1. The quantitative estimate of drug-likeness (QED) is 0.278. The summed E-state index contributed by atoms with van der Waals surface area (Å²) in [5.74, 6) is 0.173. The molecule has 4 aromatic rings. The Morgan fingerprint density at radius 1 is 1.22 bits per heavy atom. The van der Waals surface area contributed by atoms with Crippen LogP contribution in [0, 0.1) is 0 Å². The summed E-state index contributed by atoms with van der Waals surface area (Å²) in [5.41, 5.74) is 3.41. The van der Waals surface area contributed by atoms with Crippen molar-refractivity contribution in [2.75, 3.05) is 5.32 Å². The van der Waals surface area contributed by atoms with Gasteiger partial charge in [0.25, 0.3) is 0 Å². The van der Waals surface area contributed by atoms with E-state index in [1.54, 1.807) is 48.9 Å². The lowest BCUT2D eigenvalue weighted by molar-refractivity contribution is -0.117.